The average Bonchev–Trinajstić information content (AvgIpc) is 3.43. The van der Waals surface area contributed by atoms with Crippen LogP contribution in [0.4, 0.5) is 0 Å². The maximum Gasteiger partial charge on any atom is 0.256 e. The van der Waals surface area contributed by atoms with Gasteiger partial charge in [0, 0.05) is 24.5 Å². The van der Waals surface area contributed by atoms with E-state index in [0.29, 0.717) is 17.9 Å². The molecule has 0 spiro atoms. The monoisotopic (exact) mass is 417 g/mol. The molecule has 3 aliphatic rings. The van der Waals surface area contributed by atoms with E-state index in [1.54, 1.807) is 22.7 Å². The molecule has 0 aliphatic carbocycles. The number of amides is 3. The van der Waals surface area contributed by atoms with Crippen molar-refractivity contribution in [3.63, 3.8) is 0 Å². The highest BCUT2D eigenvalue weighted by Crippen LogP contribution is 2.48. The Kier molecular flexibility index (Phi) is 5.83. The average molecular weight is 418 g/mol. The summed E-state index contributed by atoms with van der Waals surface area (Å²) >= 11 is 1.59. The number of carbonyl (C=O) groups is 3. The number of nitrogens with one attached hydrogen (secondary N) is 2. The molecule has 0 saturated carbocycles. The van der Waals surface area contributed by atoms with E-state index in [4.69, 9.17) is 4.74 Å². The molecule has 29 heavy (non-hydrogen) atoms. The Morgan fingerprint density at radius 3 is 2.83 bits per heavy atom. The third-order valence-electron chi connectivity index (χ3n) is 5.77. The van der Waals surface area contributed by atoms with Gasteiger partial charge in [-0.05, 0) is 30.4 Å². The van der Waals surface area contributed by atoms with Gasteiger partial charge in [0.1, 0.15) is 17.5 Å². The fourth-order valence-electron chi connectivity index (χ4n) is 4.16. The highest BCUT2D eigenvalue weighted by Gasteiger charge is 2.48. The van der Waals surface area contributed by atoms with Crippen LogP contribution < -0.4 is 10.6 Å². The summed E-state index contributed by atoms with van der Waals surface area (Å²) in [6.07, 6.45) is 2.00. The van der Waals surface area contributed by atoms with Crippen molar-refractivity contribution >= 4 is 29.5 Å². The van der Waals surface area contributed by atoms with E-state index >= 15 is 0 Å². The molecule has 0 bridgehead atoms. The number of rotatable bonds is 6. The maximum atomic E-state index is 13.0. The van der Waals surface area contributed by atoms with Crippen LogP contribution in [0.25, 0.3) is 0 Å². The standard InChI is InChI=1S/C21H27N3O4S/c1-12(2)17(19(26)22-10-13-6-5-9-28-13)23-18(25)16-11-29-21-15-8-4-3-7-14(15)20(27)24(16)21/h3-4,7-8,12-13,16-17,21H,5-6,9-11H2,1-2H3,(H,22,26)(H,23,25)/t13?,16-,17-,21?/m0/s1. The van der Waals surface area contributed by atoms with Gasteiger partial charge in [0.15, 0.2) is 0 Å². The van der Waals surface area contributed by atoms with Crippen LogP contribution in [-0.4, -0.2) is 59.7 Å². The lowest BCUT2D eigenvalue weighted by Gasteiger charge is -2.27. The van der Waals surface area contributed by atoms with Gasteiger partial charge in [-0.3, -0.25) is 14.4 Å². The van der Waals surface area contributed by atoms with E-state index in [1.165, 1.54) is 0 Å². The Morgan fingerprint density at radius 1 is 1.31 bits per heavy atom. The molecule has 8 heteroatoms. The first-order valence-corrected chi connectivity index (χ1v) is 11.2. The van der Waals surface area contributed by atoms with E-state index in [2.05, 4.69) is 10.6 Å². The van der Waals surface area contributed by atoms with Crippen molar-refractivity contribution in [2.45, 2.75) is 50.3 Å². The zero-order chi connectivity index (χ0) is 20.5. The van der Waals surface area contributed by atoms with E-state index in [9.17, 15) is 14.4 Å². The van der Waals surface area contributed by atoms with Crippen molar-refractivity contribution in [1.29, 1.82) is 0 Å². The first kappa shape index (κ1) is 20.2. The normalized spacial score (nSPS) is 26.4. The zero-order valence-electron chi connectivity index (χ0n) is 16.7. The van der Waals surface area contributed by atoms with Crippen LogP contribution in [0.2, 0.25) is 0 Å². The molecule has 0 radical (unpaired) electrons. The van der Waals surface area contributed by atoms with Crippen molar-refractivity contribution in [3.8, 4) is 0 Å². The van der Waals surface area contributed by atoms with E-state index < -0.39 is 12.1 Å². The largest absolute Gasteiger partial charge is 0.376 e. The summed E-state index contributed by atoms with van der Waals surface area (Å²) in [6, 6.07) is 6.29. The Bertz CT molecular complexity index is 809. The Hall–Kier alpha value is -2.06. The lowest BCUT2D eigenvalue weighted by atomic mass is 10.0. The van der Waals surface area contributed by atoms with Gasteiger partial charge in [0.25, 0.3) is 5.91 Å². The van der Waals surface area contributed by atoms with Crippen LogP contribution in [0.1, 0.15) is 48.0 Å². The number of hydrogen-bond acceptors (Lipinski definition) is 5. The summed E-state index contributed by atoms with van der Waals surface area (Å²) in [7, 11) is 0. The van der Waals surface area contributed by atoms with Gasteiger partial charge in [0.05, 0.1) is 6.10 Å². The number of fused-ring (bicyclic) bond motifs is 3. The molecular formula is C21H27N3O4S. The molecule has 3 heterocycles. The Labute approximate surface area is 174 Å². The molecule has 4 rings (SSSR count). The molecule has 2 N–H and O–H groups in total. The lowest BCUT2D eigenvalue weighted by molar-refractivity contribution is -0.132. The van der Waals surface area contributed by atoms with Gasteiger partial charge < -0.3 is 20.3 Å². The molecule has 4 atom stereocenters. The smallest absolute Gasteiger partial charge is 0.256 e. The quantitative estimate of drug-likeness (QED) is 0.736. The summed E-state index contributed by atoms with van der Waals surface area (Å²) in [5, 5.41) is 5.68. The topological polar surface area (TPSA) is 87.7 Å². The minimum atomic E-state index is -0.645. The van der Waals surface area contributed by atoms with Crippen LogP contribution in [0.15, 0.2) is 24.3 Å². The molecule has 3 aliphatic heterocycles. The SMILES string of the molecule is CC(C)[C@H](NC(=O)[C@@H]1CSC2c3ccccc3C(=O)N21)C(=O)NCC1CCCO1. The predicted molar refractivity (Wildman–Crippen MR) is 110 cm³/mol. The van der Waals surface area contributed by atoms with Gasteiger partial charge >= 0.3 is 0 Å². The number of carbonyl (C=O) groups excluding carboxylic acids is 3. The number of ether oxygens (including phenoxy) is 1. The van der Waals surface area contributed by atoms with Gasteiger partial charge in [-0.15, -0.1) is 11.8 Å². The highest BCUT2D eigenvalue weighted by molar-refractivity contribution is 7.99. The minimum Gasteiger partial charge on any atom is -0.376 e. The third kappa shape index (κ3) is 3.88. The minimum absolute atomic E-state index is 0.0511. The molecule has 1 aromatic rings. The summed E-state index contributed by atoms with van der Waals surface area (Å²) < 4.78 is 5.55. The second-order valence-electron chi connectivity index (χ2n) is 8.11. The van der Waals surface area contributed by atoms with Gasteiger partial charge in [0.2, 0.25) is 11.8 Å². The molecular weight excluding hydrogens is 390 g/mol. The highest BCUT2D eigenvalue weighted by atomic mass is 32.2. The van der Waals surface area contributed by atoms with Crippen molar-refractivity contribution in [1.82, 2.24) is 15.5 Å². The third-order valence-corrected chi connectivity index (χ3v) is 7.07. The lowest BCUT2D eigenvalue weighted by Crippen LogP contribution is -2.55. The Morgan fingerprint density at radius 2 is 2.10 bits per heavy atom. The maximum absolute atomic E-state index is 13.0. The van der Waals surface area contributed by atoms with E-state index in [0.717, 1.165) is 25.0 Å². The Balaban J connectivity index is 1.41. The molecule has 3 amide bonds. The fraction of sp³-hybridized carbons (Fsp3) is 0.571. The van der Waals surface area contributed by atoms with Gasteiger partial charge in [-0.2, -0.15) is 0 Å². The van der Waals surface area contributed by atoms with Crippen molar-refractivity contribution in [2.75, 3.05) is 18.9 Å². The first-order valence-electron chi connectivity index (χ1n) is 10.2. The zero-order valence-corrected chi connectivity index (χ0v) is 17.5. The molecule has 7 nitrogen and oxygen atoms in total. The molecule has 156 valence electrons. The summed E-state index contributed by atoms with van der Waals surface area (Å²) in [4.78, 5) is 40.2. The number of benzene rings is 1. The molecule has 2 fully saturated rings. The van der Waals surface area contributed by atoms with E-state index in [-0.39, 0.29) is 35.1 Å². The van der Waals surface area contributed by atoms with Crippen molar-refractivity contribution in [2.24, 2.45) is 5.92 Å². The van der Waals surface area contributed by atoms with Crippen LogP contribution in [0.5, 0.6) is 0 Å². The first-order chi connectivity index (χ1) is 14.0. The van der Waals surface area contributed by atoms with Crippen LogP contribution in [-0.2, 0) is 14.3 Å². The fourth-order valence-corrected chi connectivity index (χ4v) is 5.62. The second-order valence-corrected chi connectivity index (χ2v) is 9.22. The van der Waals surface area contributed by atoms with Crippen molar-refractivity contribution < 1.29 is 19.1 Å². The predicted octanol–water partition coefficient (Wildman–Crippen LogP) is 1.69. The molecule has 2 unspecified atom stereocenters. The van der Waals surface area contributed by atoms with E-state index in [1.807, 2.05) is 32.0 Å². The summed E-state index contributed by atoms with van der Waals surface area (Å²) in [5.41, 5.74) is 1.63. The molecule has 1 aromatic carbocycles. The van der Waals surface area contributed by atoms with Gasteiger partial charge in [-0.25, -0.2) is 0 Å². The second kappa shape index (κ2) is 8.36. The van der Waals surface area contributed by atoms with Crippen LogP contribution >= 0.6 is 11.8 Å². The summed E-state index contributed by atoms with van der Waals surface area (Å²) in [5.74, 6) is -0.132. The number of hydrogen-bond donors (Lipinski definition) is 2. The molecule has 2 saturated heterocycles. The van der Waals surface area contributed by atoms with Crippen molar-refractivity contribution in [3.05, 3.63) is 35.4 Å². The summed E-state index contributed by atoms with van der Waals surface area (Å²) in [6.45, 7) is 5.00. The molecule has 0 aromatic heterocycles. The number of thioether (sulfide) groups is 1. The van der Waals surface area contributed by atoms with Gasteiger partial charge in [-0.1, -0.05) is 32.0 Å². The number of nitrogens with zero attached hydrogens (tertiary/aromatic N) is 1. The van der Waals surface area contributed by atoms with Crippen LogP contribution in [0.3, 0.4) is 0 Å². The van der Waals surface area contributed by atoms with Crippen LogP contribution in [0, 0.1) is 5.92 Å².